The first-order chi connectivity index (χ1) is 11.6. The zero-order chi connectivity index (χ0) is 17.0. The summed E-state index contributed by atoms with van der Waals surface area (Å²) in [4.78, 5) is 16.0. The van der Waals surface area contributed by atoms with Gasteiger partial charge in [-0.1, -0.05) is 5.16 Å². The molecule has 0 spiro atoms. The highest BCUT2D eigenvalue weighted by Crippen LogP contribution is 2.44. The van der Waals surface area contributed by atoms with E-state index in [4.69, 9.17) is 4.52 Å². The number of benzene rings is 1. The summed E-state index contributed by atoms with van der Waals surface area (Å²) in [6.07, 6.45) is 3.42. The minimum atomic E-state index is -0.317. The van der Waals surface area contributed by atoms with Gasteiger partial charge < -0.3 is 14.9 Å². The Balaban J connectivity index is 1.42. The lowest BCUT2D eigenvalue weighted by Gasteiger charge is -2.12. The molecule has 7 heteroatoms. The van der Waals surface area contributed by atoms with E-state index in [9.17, 15) is 14.3 Å². The Morgan fingerprint density at radius 3 is 2.75 bits per heavy atom. The lowest BCUT2D eigenvalue weighted by molar-refractivity contribution is -0.121. The van der Waals surface area contributed by atoms with E-state index in [0.717, 1.165) is 12.8 Å². The predicted molar refractivity (Wildman–Crippen MR) is 84.4 cm³/mol. The molecule has 2 aromatic rings. The standard InChI is InChI=1S/C17H20FN3O3/c18-13-6-4-12(5-7-13)16-20-15(24-21-16)3-1-2-14(23)19-10-17(11-22)8-9-17/h4-7,22H,1-3,8-11H2,(H,19,23). The Labute approximate surface area is 139 Å². The maximum absolute atomic E-state index is 12.9. The quantitative estimate of drug-likeness (QED) is 0.772. The minimum absolute atomic E-state index is 0.0343. The summed E-state index contributed by atoms with van der Waals surface area (Å²) in [5.41, 5.74) is 0.606. The zero-order valence-electron chi connectivity index (χ0n) is 13.3. The Bertz CT molecular complexity index is 695. The van der Waals surface area contributed by atoms with Gasteiger partial charge in [0.25, 0.3) is 0 Å². The Morgan fingerprint density at radius 1 is 1.33 bits per heavy atom. The number of aliphatic hydroxyl groups is 1. The molecule has 1 aromatic carbocycles. The predicted octanol–water partition coefficient (Wildman–Crippen LogP) is 2.09. The fourth-order valence-corrected chi connectivity index (χ4v) is 2.41. The molecule has 24 heavy (non-hydrogen) atoms. The number of hydrogen-bond donors (Lipinski definition) is 2. The van der Waals surface area contributed by atoms with Gasteiger partial charge in [0.2, 0.25) is 17.6 Å². The van der Waals surface area contributed by atoms with E-state index < -0.39 is 0 Å². The number of carbonyl (C=O) groups excluding carboxylic acids is 1. The summed E-state index contributed by atoms with van der Waals surface area (Å²) in [6, 6.07) is 5.86. The van der Waals surface area contributed by atoms with Crippen LogP contribution in [-0.4, -0.2) is 34.3 Å². The summed E-state index contributed by atoms with van der Waals surface area (Å²) >= 11 is 0. The van der Waals surface area contributed by atoms with Gasteiger partial charge >= 0.3 is 0 Å². The third-order valence-electron chi connectivity index (χ3n) is 4.32. The normalized spacial score (nSPS) is 15.2. The summed E-state index contributed by atoms with van der Waals surface area (Å²) in [5, 5.41) is 15.9. The van der Waals surface area contributed by atoms with Crippen molar-refractivity contribution in [2.24, 2.45) is 5.41 Å². The van der Waals surface area contributed by atoms with Gasteiger partial charge in [-0.2, -0.15) is 4.98 Å². The molecule has 128 valence electrons. The van der Waals surface area contributed by atoms with Crippen LogP contribution in [0.2, 0.25) is 0 Å². The first-order valence-electron chi connectivity index (χ1n) is 8.06. The van der Waals surface area contributed by atoms with Crippen molar-refractivity contribution in [3.63, 3.8) is 0 Å². The van der Waals surface area contributed by atoms with Crippen LogP contribution in [0.3, 0.4) is 0 Å². The number of aryl methyl sites for hydroxylation is 1. The molecule has 1 aliphatic rings. The van der Waals surface area contributed by atoms with Gasteiger partial charge in [0.05, 0.1) is 6.61 Å². The molecule has 0 aliphatic heterocycles. The third-order valence-corrected chi connectivity index (χ3v) is 4.32. The molecule has 1 amide bonds. The van der Waals surface area contributed by atoms with Crippen LogP contribution < -0.4 is 5.32 Å². The van der Waals surface area contributed by atoms with Crippen LogP contribution in [0.25, 0.3) is 11.4 Å². The molecule has 3 rings (SSSR count). The zero-order valence-corrected chi connectivity index (χ0v) is 13.3. The van der Waals surface area contributed by atoms with Crippen LogP contribution in [0.4, 0.5) is 4.39 Å². The second-order valence-corrected chi connectivity index (χ2v) is 6.31. The molecule has 1 fully saturated rings. The number of nitrogens with one attached hydrogen (secondary N) is 1. The fourth-order valence-electron chi connectivity index (χ4n) is 2.41. The Morgan fingerprint density at radius 2 is 2.08 bits per heavy atom. The number of hydrogen-bond acceptors (Lipinski definition) is 5. The van der Waals surface area contributed by atoms with Crippen molar-refractivity contribution in [3.05, 3.63) is 36.0 Å². The summed E-state index contributed by atoms with van der Waals surface area (Å²) < 4.78 is 18.1. The molecule has 2 N–H and O–H groups in total. The first-order valence-corrected chi connectivity index (χ1v) is 8.06. The second kappa shape index (κ2) is 7.09. The number of aromatic nitrogens is 2. The van der Waals surface area contributed by atoms with Crippen LogP contribution in [0, 0.1) is 11.2 Å². The molecule has 0 unspecified atom stereocenters. The Kier molecular flexibility index (Phi) is 4.89. The average molecular weight is 333 g/mol. The van der Waals surface area contributed by atoms with E-state index >= 15 is 0 Å². The molecule has 6 nitrogen and oxygen atoms in total. The van der Waals surface area contributed by atoms with E-state index in [1.807, 2.05) is 0 Å². The molecule has 0 radical (unpaired) electrons. The summed E-state index contributed by atoms with van der Waals surface area (Å²) in [7, 11) is 0. The maximum atomic E-state index is 12.9. The number of nitrogens with zero attached hydrogens (tertiary/aromatic N) is 2. The van der Waals surface area contributed by atoms with Crippen molar-refractivity contribution in [1.82, 2.24) is 15.5 Å². The van der Waals surface area contributed by atoms with Gasteiger partial charge in [0.15, 0.2) is 0 Å². The number of aliphatic hydroxyl groups excluding tert-OH is 1. The van der Waals surface area contributed by atoms with Gasteiger partial charge in [-0.25, -0.2) is 4.39 Å². The molecule has 1 aromatic heterocycles. The van der Waals surface area contributed by atoms with Gasteiger partial charge in [0, 0.05) is 30.4 Å². The topological polar surface area (TPSA) is 88.2 Å². The van der Waals surface area contributed by atoms with E-state index in [0.29, 0.717) is 43.1 Å². The SMILES string of the molecule is O=C(CCCc1nc(-c2ccc(F)cc2)no1)NCC1(CO)CC1. The summed E-state index contributed by atoms with van der Waals surface area (Å²) in [6.45, 7) is 0.666. The van der Waals surface area contributed by atoms with Gasteiger partial charge in [-0.3, -0.25) is 4.79 Å². The van der Waals surface area contributed by atoms with E-state index in [2.05, 4.69) is 15.5 Å². The highest BCUT2D eigenvalue weighted by molar-refractivity contribution is 5.75. The second-order valence-electron chi connectivity index (χ2n) is 6.31. The van der Waals surface area contributed by atoms with Crippen LogP contribution in [0.15, 0.2) is 28.8 Å². The molecular formula is C17H20FN3O3. The number of amides is 1. The van der Waals surface area contributed by atoms with Gasteiger partial charge in [-0.05, 0) is 43.5 Å². The van der Waals surface area contributed by atoms with Crippen LogP contribution in [0.5, 0.6) is 0 Å². The fraction of sp³-hybridized carbons (Fsp3) is 0.471. The van der Waals surface area contributed by atoms with Crippen LogP contribution in [0.1, 0.15) is 31.6 Å². The molecule has 0 bridgehead atoms. The summed E-state index contributed by atoms with van der Waals surface area (Å²) in [5.74, 6) is 0.514. The van der Waals surface area contributed by atoms with Crippen molar-refractivity contribution < 1.29 is 18.8 Å². The number of rotatable bonds is 8. The molecule has 1 saturated carbocycles. The average Bonchev–Trinajstić information content (AvgIpc) is 3.23. The first kappa shape index (κ1) is 16.6. The van der Waals surface area contributed by atoms with Crippen molar-refractivity contribution in [2.45, 2.75) is 32.1 Å². The smallest absolute Gasteiger partial charge is 0.226 e. The number of halogens is 1. The van der Waals surface area contributed by atoms with Gasteiger partial charge in [0.1, 0.15) is 5.82 Å². The largest absolute Gasteiger partial charge is 0.396 e. The van der Waals surface area contributed by atoms with Crippen LogP contribution >= 0.6 is 0 Å². The molecule has 0 atom stereocenters. The van der Waals surface area contributed by atoms with E-state index in [1.165, 1.54) is 12.1 Å². The maximum Gasteiger partial charge on any atom is 0.226 e. The monoisotopic (exact) mass is 333 g/mol. The molecule has 1 heterocycles. The van der Waals surface area contributed by atoms with Gasteiger partial charge in [-0.15, -0.1) is 0 Å². The van der Waals surface area contributed by atoms with Crippen molar-refractivity contribution in [1.29, 1.82) is 0 Å². The lowest BCUT2D eigenvalue weighted by atomic mass is 10.1. The number of carbonyl (C=O) groups is 1. The van der Waals surface area contributed by atoms with Crippen molar-refractivity contribution in [3.8, 4) is 11.4 Å². The van der Waals surface area contributed by atoms with Crippen LogP contribution in [-0.2, 0) is 11.2 Å². The van der Waals surface area contributed by atoms with Crippen molar-refractivity contribution >= 4 is 5.91 Å². The molecule has 1 aliphatic carbocycles. The minimum Gasteiger partial charge on any atom is -0.396 e. The highest BCUT2D eigenvalue weighted by Gasteiger charge is 2.41. The van der Waals surface area contributed by atoms with E-state index in [1.54, 1.807) is 12.1 Å². The molecular weight excluding hydrogens is 313 g/mol. The van der Waals surface area contributed by atoms with Crippen molar-refractivity contribution in [2.75, 3.05) is 13.2 Å². The Hall–Kier alpha value is -2.28. The lowest BCUT2D eigenvalue weighted by Crippen LogP contribution is -2.31. The highest BCUT2D eigenvalue weighted by atomic mass is 19.1. The van der Waals surface area contributed by atoms with E-state index in [-0.39, 0.29) is 23.7 Å². The third kappa shape index (κ3) is 4.17. The molecule has 0 saturated heterocycles.